The molecule has 0 atom stereocenters. The summed E-state index contributed by atoms with van der Waals surface area (Å²) >= 11 is 1.43. The highest BCUT2D eigenvalue weighted by atomic mass is 32.1. The Labute approximate surface area is 144 Å². The van der Waals surface area contributed by atoms with Crippen LogP contribution in [0.2, 0.25) is 0 Å². The number of benzene rings is 1. The summed E-state index contributed by atoms with van der Waals surface area (Å²) in [6, 6.07) is 9.51. The quantitative estimate of drug-likeness (QED) is 0.729. The summed E-state index contributed by atoms with van der Waals surface area (Å²) in [7, 11) is 0. The average molecular weight is 341 g/mol. The minimum atomic E-state index is -0.302. The van der Waals surface area contributed by atoms with E-state index in [2.05, 4.69) is 22.5 Å². The molecule has 0 saturated carbocycles. The fourth-order valence-electron chi connectivity index (χ4n) is 2.79. The van der Waals surface area contributed by atoms with Gasteiger partial charge in [-0.3, -0.25) is 0 Å². The van der Waals surface area contributed by atoms with Gasteiger partial charge in [-0.2, -0.15) is 0 Å². The second-order valence-corrected chi connectivity index (χ2v) is 6.35. The third-order valence-corrected chi connectivity index (χ3v) is 4.54. The number of nitrogens with two attached hydrogens (primary N) is 1. The smallest absolute Gasteiger partial charge is 0.338 e. The Morgan fingerprint density at radius 3 is 2.58 bits per heavy atom. The number of aryl methyl sites for hydroxylation is 1. The van der Waals surface area contributed by atoms with Gasteiger partial charge in [-0.15, -0.1) is 11.3 Å². The SMILES string of the molecule is CCOC(=O)c1ccc(-n2c(C)cc(-c3csc(N)n3)c2C)cc1. The number of carbonyl (C=O) groups excluding carboxylic acids is 1. The first-order valence-corrected chi connectivity index (χ1v) is 8.57. The van der Waals surface area contributed by atoms with Gasteiger partial charge in [0.2, 0.25) is 0 Å². The van der Waals surface area contributed by atoms with Crippen molar-refractivity contribution in [2.45, 2.75) is 20.8 Å². The summed E-state index contributed by atoms with van der Waals surface area (Å²) in [6.07, 6.45) is 0. The van der Waals surface area contributed by atoms with Crippen molar-refractivity contribution in [1.29, 1.82) is 0 Å². The Morgan fingerprint density at radius 1 is 1.29 bits per heavy atom. The van der Waals surface area contributed by atoms with E-state index in [0.29, 0.717) is 17.3 Å². The van der Waals surface area contributed by atoms with Crippen LogP contribution >= 0.6 is 11.3 Å². The third-order valence-electron chi connectivity index (χ3n) is 3.87. The summed E-state index contributed by atoms with van der Waals surface area (Å²) in [6.45, 7) is 6.27. The lowest BCUT2D eigenvalue weighted by Crippen LogP contribution is -2.05. The highest BCUT2D eigenvalue weighted by molar-refractivity contribution is 7.13. The molecule has 0 aliphatic rings. The van der Waals surface area contributed by atoms with Gasteiger partial charge in [0.15, 0.2) is 5.13 Å². The van der Waals surface area contributed by atoms with Crippen LogP contribution in [0.5, 0.6) is 0 Å². The van der Waals surface area contributed by atoms with E-state index in [1.807, 2.05) is 24.4 Å². The number of esters is 1. The summed E-state index contributed by atoms with van der Waals surface area (Å²) in [5.41, 5.74) is 11.4. The van der Waals surface area contributed by atoms with E-state index in [1.165, 1.54) is 11.3 Å². The first kappa shape index (κ1) is 16.3. The molecule has 1 aromatic carbocycles. The number of rotatable bonds is 4. The Balaban J connectivity index is 1.98. The maximum absolute atomic E-state index is 11.8. The Hall–Kier alpha value is -2.60. The van der Waals surface area contributed by atoms with Crippen molar-refractivity contribution < 1.29 is 9.53 Å². The lowest BCUT2D eigenvalue weighted by molar-refractivity contribution is 0.0526. The molecular formula is C18H19N3O2S. The molecule has 124 valence electrons. The van der Waals surface area contributed by atoms with Gasteiger partial charge in [-0.25, -0.2) is 9.78 Å². The van der Waals surface area contributed by atoms with Crippen LogP contribution in [-0.4, -0.2) is 22.1 Å². The van der Waals surface area contributed by atoms with Gasteiger partial charge in [0.05, 0.1) is 17.9 Å². The highest BCUT2D eigenvalue weighted by Crippen LogP contribution is 2.30. The largest absolute Gasteiger partial charge is 0.462 e. The lowest BCUT2D eigenvalue weighted by atomic mass is 10.2. The molecule has 0 saturated heterocycles. The Kier molecular flexibility index (Phi) is 4.40. The van der Waals surface area contributed by atoms with Gasteiger partial charge in [0.1, 0.15) is 0 Å². The predicted octanol–water partition coefficient (Wildman–Crippen LogP) is 3.98. The van der Waals surface area contributed by atoms with Crippen LogP contribution in [0, 0.1) is 13.8 Å². The molecule has 0 aliphatic heterocycles. The van der Waals surface area contributed by atoms with Gasteiger partial charge in [0, 0.05) is 28.0 Å². The number of aromatic nitrogens is 2. The Morgan fingerprint density at radius 2 is 2.00 bits per heavy atom. The van der Waals surface area contributed by atoms with Gasteiger partial charge >= 0.3 is 5.97 Å². The fourth-order valence-corrected chi connectivity index (χ4v) is 3.35. The highest BCUT2D eigenvalue weighted by Gasteiger charge is 2.15. The molecule has 0 bridgehead atoms. The van der Waals surface area contributed by atoms with Crippen LogP contribution in [0.4, 0.5) is 5.13 Å². The topological polar surface area (TPSA) is 70.1 Å². The number of hydrogen-bond acceptors (Lipinski definition) is 5. The number of ether oxygens (including phenoxy) is 1. The Bertz CT molecular complexity index is 878. The van der Waals surface area contributed by atoms with Crippen molar-refractivity contribution in [2.75, 3.05) is 12.3 Å². The molecule has 0 amide bonds. The summed E-state index contributed by atoms with van der Waals surface area (Å²) < 4.78 is 7.16. The van der Waals surface area contributed by atoms with E-state index in [0.717, 1.165) is 28.3 Å². The van der Waals surface area contributed by atoms with Crippen LogP contribution in [0.15, 0.2) is 35.7 Å². The molecule has 24 heavy (non-hydrogen) atoms. The maximum atomic E-state index is 11.8. The normalized spacial score (nSPS) is 10.8. The maximum Gasteiger partial charge on any atom is 0.338 e. The molecule has 3 aromatic rings. The zero-order valence-corrected chi connectivity index (χ0v) is 14.7. The van der Waals surface area contributed by atoms with Gasteiger partial charge in [-0.1, -0.05) is 0 Å². The lowest BCUT2D eigenvalue weighted by Gasteiger charge is -2.10. The molecule has 6 heteroatoms. The van der Waals surface area contributed by atoms with Gasteiger partial charge < -0.3 is 15.0 Å². The predicted molar refractivity (Wildman–Crippen MR) is 96.7 cm³/mol. The summed E-state index contributed by atoms with van der Waals surface area (Å²) in [5.74, 6) is -0.302. The van der Waals surface area contributed by atoms with E-state index in [-0.39, 0.29) is 5.97 Å². The molecule has 0 unspecified atom stereocenters. The number of nitrogens with zero attached hydrogens (tertiary/aromatic N) is 2. The summed E-state index contributed by atoms with van der Waals surface area (Å²) in [4.78, 5) is 16.1. The molecule has 2 aromatic heterocycles. The second-order valence-electron chi connectivity index (χ2n) is 5.46. The zero-order chi connectivity index (χ0) is 17.3. The molecule has 2 N–H and O–H groups in total. The zero-order valence-electron chi connectivity index (χ0n) is 13.9. The number of nitrogen functional groups attached to an aromatic ring is 1. The molecule has 3 rings (SSSR count). The van der Waals surface area contributed by atoms with E-state index >= 15 is 0 Å². The van der Waals surface area contributed by atoms with Crippen LogP contribution in [0.25, 0.3) is 16.9 Å². The van der Waals surface area contributed by atoms with E-state index in [4.69, 9.17) is 10.5 Å². The van der Waals surface area contributed by atoms with Crippen LogP contribution in [0.1, 0.15) is 28.7 Å². The molecule has 0 spiro atoms. The van der Waals surface area contributed by atoms with E-state index in [1.54, 1.807) is 19.1 Å². The third kappa shape index (κ3) is 2.92. The minimum absolute atomic E-state index is 0.302. The number of hydrogen-bond donors (Lipinski definition) is 1. The summed E-state index contributed by atoms with van der Waals surface area (Å²) in [5, 5.41) is 2.53. The first-order chi connectivity index (χ1) is 11.5. The molecule has 0 fully saturated rings. The molecular weight excluding hydrogens is 322 g/mol. The molecule has 0 radical (unpaired) electrons. The monoisotopic (exact) mass is 341 g/mol. The van der Waals surface area contributed by atoms with Crippen LogP contribution in [0.3, 0.4) is 0 Å². The van der Waals surface area contributed by atoms with Crippen molar-refractivity contribution in [3.05, 3.63) is 52.7 Å². The van der Waals surface area contributed by atoms with E-state index < -0.39 is 0 Å². The van der Waals surface area contributed by atoms with Crippen molar-refractivity contribution >= 4 is 22.4 Å². The van der Waals surface area contributed by atoms with Crippen molar-refractivity contribution in [2.24, 2.45) is 0 Å². The van der Waals surface area contributed by atoms with E-state index in [9.17, 15) is 4.79 Å². The van der Waals surface area contributed by atoms with Gasteiger partial charge in [-0.05, 0) is 51.1 Å². The van der Waals surface area contributed by atoms with Crippen LogP contribution in [-0.2, 0) is 4.74 Å². The molecule has 2 heterocycles. The second kappa shape index (κ2) is 6.49. The molecule has 0 aliphatic carbocycles. The number of anilines is 1. The fraction of sp³-hybridized carbons (Fsp3) is 0.222. The van der Waals surface area contributed by atoms with Crippen molar-refractivity contribution in [3.63, 3.8) is 0 Å². The standard InChI is InChI=1S/C18H19N3O2S/c1-4-23-17(22)13-5-7-14(8-6-13)21-11(2)9-15(12(21)3)16-10-24-18(19)20-16/h5-10H,4H2,1-3H3,(H2,19,20). The van der Waals surface area contributed by atoms with Crippen molar-refractivity contribution in [3.8, 4) is 16.9 Å². The number of thiazole rings is 1. The van der Waals surface area contributed by atoms with Crippen molar-refractivity contribution in [1.82, 2.24) is 9.55 Å². The number of carbonyl (C=O) groups is 1. The average Bonchev–Trinajstić information content (AvgIpc) is 3.11. The molecule has 5 nitrogen and oxygen atoms in total. The minimum Gasteiger partial charge on any atom is -0.462 e. The first-order valence-electron chi connectivity index (χ1n) is 7.69. The van der Waals surface area contributed by atoms with Crippen LogP contribution < -0.4 is 5.73 Å². The van der Waals surface area contributed by atoms with Gasteiger partial charge in [0.25, 0.3) is 0 Å².